The maximum absolute atomic E-state index is 12.3. The highest BCUT2D eigenvalue weighted by molar-refractivity contribution is 7.89. The number of carboxylic acid groups (broad SMARTS) is 1. The van der Waals surface area contributed by atoms with Gasteiger partial charge in [-0.2, -0.15) is 0 Å². The second-order valence-corrected chi connectivity index (χ2v) is 7.78. The fourth-order valence-corrected chi connectivity index (χ4v) is 4.04. The highest BCUT2D eigenvalue weighted by Crippen LogP contribution is 2.36. The molecular weight excluding hydrogens is 337 g/mol. The van der Waals surface area contributed by atoms with E-state index >= 15 is 0 Å². The second kappa shape index (κ2) is 6.12. The molecule has 1 unspecified atom stereocenters. The number of sulfonamides is 1. The molecule has 0 bridgehead atoms. The van der Waals surface area contributed by atoms with Gasteiger partial charge in [0.25, 0.3) is 0 Å². The number of benzene rings is 1. The Morgan fingerprint density at radius 2 is 2.00 bits per heavy atom. The molecule has 0 amide bonds. The van der Waals surface area contributed by atoms with Gasteiger partial charge in [-0.3, -0.25) is 0 Å². The van der Waals surface area contributed by atoms with Gasteiger partial charge >= 0.3 is 5.97 Å². The lowest BCUT2D eigenvalue weighted by Gasteiger charge is -2.13. The normalized spacial score (nSPS) is 16.7. The molecule has 21 heavy (non-hydrogen) atoms. The zero-order valence-electron chi connectivity index (χ0n) is 11.3. The first-order valence-corrected chi connectivity index (χ1v) is 8.68. The van der Waals surface area contributed by atoms with Crippen LogP contribution in [0.3, 0.4) is 0 Å². The SMILES string of the molecule is CC(CNS(=O)(=O)c1cc(C(=O)O)c(Cl)cc1Cl)C1CC1. The zero-order chi connectivity index (χ0) is 15.8. The predicted octanol–water partition coefficient (Wildman–Crippen LogP) is 3.02. The molecule has 2 N–H and O–H groups in total. The molecule has 116 valence electrons. The Hall–Kier alpha value is -0.820. The van der Waals surface area contributed by atoms with E-state index < -0.39 is 16.0 Å². The molecule has 0 aromatic heterocycles. The minimum atomic E-state index is -3.87. The summed E-state index contributed by atoms with van der Waals surface area (Å²) in [5.41, 5.74) is -0.295. The lowest BCUT2D eigenvalue weighted by Crippen LogP contribution is -2.29. The molecule has 1 aromatic rings. The van der Waals surface area contributed by atoms with Crippen LogP contribution in [0.4, 0.5) is 0 Å². The summed E-state index contributed by atoms with van der Waals surface area (Å²) in [5.74, 6) is -0.507. The summed E-state index contributed by atoms with van der Waals surface area (Å²) < 4.78 is 27.0. The fraction of sp³-hybridized carbons (Fsp3) is 0.462. The maximum atomic E-state index is 12.3. The summed E-state index contributed by atoms with van der Waals surface area (Å²) in [7, 11) is -3.87. The van der Waals surface area contributed by atoms with E-state index in [1.807, 2.05) is 6.92 Å². The third-order valence-electron chi connectivity index (χ3n) is 3.56. The first kappa shape index (κ1) is 16.5. The third-order valence-corrected chi connectivity index (χ3v) is 5.76. The van der Waals surface area contributed by atoms with Crippen LogP contribution in [0.15, 0.2) is 17.0 Å². The topological polar surface area (TPSA) is 83.5 Å². The van der Waals surface area contributed by atoms with Crippen molar-refractivity contribution in [2.45, 2.75) is 24.7 Å². The van der Waals surface area contributed by atoms with Gasteiger partial charge in [-0.1, -0.05) is 30.1 Å². The molecule has 2 rings (SSSR count). The second-order valence-electron chi connectivity index (χ2n) is 5.23. The Morgan fingerprint density at radius 3 is 2.52 bits per heavy atom. The van der Waals surface area contributed by atoms with Crippen molar-refractivity contribution in [2.75, 3.05) is 6.54 Å². The Bertz CT molecular complexity index is 671. The molecule has 1 aliphatic carbocycles. The molecule has 0 aliphatic heterocycles. The summed E-state index contributed by atoms with van der Waals surface area (Å²) in [4.78, 5) is 10.8. The summed E-state index contributed by atoms with van der Waals surface area (Å²) >= 11 is 11.6. The number of carboxylic acids is 1. The van der Waals surface area contributed by atoms with Gasteiger partial charge in [-0.15, -0.1) is 0 Å². The summed E-state index contributed by atoms with van der Waals surface area (Å²) in [5, 5.41) is 8.80. The zero-order valence-corrected chi connectivity index (χ0v) is 13.6. The highest BCUT2D eigenvalue weighted by atomic mass is 35.5. The lowest BCUT2D eigenvalue weighted by atomic mass is 10.1. The largest absolute Gasteiger partial charge is 0.478 e. The first-order valence-electron chi connectivity index (χ1n) is 6.44. The van der Waals surface area contributed by atoms with Gasteiger partial charge < -0.3 is 5.11 Å². The smallest absolute Gasteiger partial charge is 0.337 e. The lowest BCUT2D eigenvalue weighted by molar-refractivity contribution is 0.0697. The van der Waals surface area contributed by atoms with Crippen LogP contribution in [0.1, 0.15) is 30.1 Å². The van der Waals surface area contributed by atoms with Crippen molar-refractivity contribution in [2.24, 2.45) is 11.8 Å². The highest BCUT2D eigenvalue weighted by Gasteiger charge is 2.29. The van der Waals surface area contributed by atoms with Crippen molar-refractivity contribution in [3.63, 3.8) is 0 Å². The summed E-state index contributed by atoms with van der Waals surface area (Å²) in [6.45, 7) is 2.28. The number of hydrogen-bond acceptors (Lipinski definition) is 3. The van der Waals surface area contributed by atoms with Crippen molar-refractivity contribution in [3.05, 3.63) is 27.7 Å². The van der Waals surface area contributed by atoms with E-state index in [2.05, 4.69) is 4.72 Å². The van der Waals surface area contributed by atoms with Crippen molar-refractivity contribution >= 4 is 39.2 Å². The standard InChI is InChI=1S/C13H15Cl2NO4S/c1-7(8-2-3-8)6-16-21(19,20)12-4-9(13(17)18)10(14)5-11(12)15/h4-5,7-8,16H,2-3,6H2,1H3,(H,17,18). The van der Waals surface area contributed by atoms with E-state index in [0.717, 1.165) is 25.0 Å². The van der Waals surface area contributed by atoms with E-state index in [1.54, 1.807) is 0 Å². The molecular formula is C13H15Cl2NO4S. The van der Waals surface area contributed by atoms with E-state index in [4.69, 9.17) is 28.3 Å². The summed E-state index contributed by atoms with van der Waals surface area (Å²) in [6.07, 6.45) is 2.24. The van der Waals surface area contributed by atoms with Gasteiger partial charge in [-0.05, 0) is 36.8 Å². The fourth-order valence-electron chi connectivity index (χ4n) is 2.05. The van der Waals surface area contributed by atoms with E-state index in [-0.39, 0.29) is 26.4 Å². The van der Waals surface area contributed by atoms with Gasteiger partial charge in [0.2, 0.25) is 10.0 Å². The van der Waals surface area contributed by atoms with Crippen molar-refractivity contribution in [3.8, 4) is 0 Å². The molecule has 0 saturated heterocycles. The van der Waals surface area contributed by atoms with Crippen LogP contribution >= 0.6 is 23.2 Å². The number of nitrogens with one attached hydrogen (secondary N) is 1. The van der Waals surface area contributed by atoms with E-state index in [1.165, 1.54) is 0 Å². The number of rotatable bonds is 6. The molecule has 8 heteroatoms. The Kier molecular flexibility index (Phi) is 4.82. The summed E-state index contributed by atoms with van der Waals surface area (Å²) in [6, 6.07) is 2.11. The molecule has 0 spiro atoms. The number of halogens is 2. The number of carbonyl (C=O) groups is 1. The van der Waals surface area contributed by atoms with Crippen LogP contribution in [0.5, 0.6) is 0 Å². The van der Waals surface area contributed by atoms with Gasteiger partial charge in [0.1, 0.15) is 4.90 Å². The van der Waals surface area contributed by atoms with Crippen LogP contribution in [0.2, 0.25) is 10.0 Å². The average molecular weight is 352 g/mol. The Morgan fingerprint density at radius 1 is 1.38 bits per heavy atom. The molecule has 5 nitrogen and oxygen atoms in total. The molecule has 1 aromatic carbocycles. The van der Waals surface area contributed by atoms with Crippen LogP contribution < -0.4 is 4.72 Å². The monoisotopic (exact) mass is 351 g/mol. The Labute approximate surface area is 133 Å². The molecule has 0 radical (unpaired) electrons. The first-order chi connectivity index (χ1) is 9.72. The molecule has 0 heterocycles. The maximum Gasteiger partial charge on any atom is 0.337 e. The van der Waals surface area contributed by atoms with E-state index in [0.29, 0.717) is 12.5 Å². The minimum absolute atomic E-state index is 0.0993. The molecule has 1 saturated carbocycles. The third kappa shape index (κ3) is 3.88. The van der Waals surface area contributed by atoms with Gasteiger partial charge in [0, 0.05) is 6.54 Å². The predicted molar refractivity (Wildman–Crippen MR) is 80.5 cm³/mol. The minimum Gasteiger partial charge on any atom is -0.478 e. The van der Waals surface area contributed by atoms with E-state index in [9.17, 15) is 13.2 Å². The van der Waals surface area contributed by atoms with Gasteiger partial charge in [0.05, 0.1) is 15.6 Å². The Balaban J connectivity index is 2.26. The van der Waals surface area contributed by atoms with Gasteiger partial charge in [-0.25, -0.2) is 17.9 Å². The van der Waals surface area contributed by atoms with Crippen LogP contribution in [-0.2, 0) is 10.0 Å². The van der Waals surface area contributed by atoms with Crippen molar-refractivity contribution < 1.29 is 18.3 Å². The van der Waals surface area contributed by atoms with Crippen LogP contribution in [0.25, 0.3) is 0 Å². The van der Waals surface area contributed by atoms with Crippen molar-refractivity contribution in [1.29, 1.82) is 0 Å². The van der Waals surface area contributed by atoms with Crippen molar-refractivity contribution in [1.82, 2.24) is 4.72 Å². The van der Waals surface area contributed by atoms with Gasteiger partial charge in [0.15, 0.2) is 0 Å². The molecule has 1 fully saturated rings. The number of aromatic carboxylic acids is 1. The number of hydrogen-bond donors (Lipinski definition) is 2. The molecule has 1 atom stereocenters. The van der Waals surface area contributed by atoms with Crippen LogP contribution in [0, 0.1) is 11.8 Å². The molecule has 1 aliphatic rings. The van der Waals surface area contributed by atoms with Crippen LogP contribution in [-0.4, -0.2) is 26.0 Å². The quantitative estimate of drug-likeness (QED) is 0.824. The average Bonchev–Trinajstić information content (AvgIpc) is 3.19.